The molecule has 0 spiro atoms. The quantitative estimate of drug-likeness (QED) is 0.477. The summed E-state index contributed by atoms with van der Waals surface area (Å²) in [6.07, 6.45) is 2.98. The highest BCUT2D eigenvalue weighted by Gasteiger charge is 2.28. The fourth-order valence-corrected chi connectivity index (χ4v) is 4.70. The van der Waals surface area contributed by atoms with Crippen molar-refractivity contribution >= 4 is 32.6 Å². The molecule has 0 aliphatic carbocycles. The number of rotatable bonds is 9. The summed E-state index contributed by atoms with van der Waals surface area (Å²) >= 11 is 0. The zero-order valence-corrected chi connectivity index (χ0v) is 20.0. The number of carbonyl (C=O) groups excluding carboxylic acids is 1. The number of benzene rings is 2. The highest BCUT2D eigenvalue weighted by molar-refractivity contribution is 7.92. The number of likely N-dealkylation sites (tertiary alicyclic amines) is 1. The van der Waals surface area contributed by atoms with Gasteiger partial charge < -0.3 is 19.2 Å². The Balaban J connectivity index is 1.51. The first-order valence-electron chi connectivity index (χ1n) is 11.0. The van der Waals surface area contributed by atoms with E-state index in [-0.39, 0.29) is 24.7 Å². The predicted octanol–water partition coefficient (Wildman–Crippen LogP) is 2.45. The SMILES string of the molecule is CN(C(=O)COc1ccc2ccoc2c1)[C@H](CN1CC[C@H](O)C1)c1cccc(NS(C)(=O)=O)c1. The molecular formula is C24H29N3O6S. The van der Waals surface area contributed by atoms with Gasteiger partial charge in [-0.2, -0.15) is 0 Å². The molecule has 1 saturated heterocycles. The van der Waals surface area contributed by atoms with E-state index in [9.17, 15) is 18.3 Å². The lowest BCUT2D eigenvalue weighted by molar-refractivity contribution is -0.134. The van der Waals surface area contributed by atoms with Crippen LogP contribution in [0, 0.1) is 0 Å². The average Bonchev–Trinajstić information content (AvgIpc) is 3.42. The number of furan rings is 1. The Bertz CT molecular complexity index is 1260. The van der Waals surface area contributed by atoms with Gasteiger partial charge in [-0.15, -0.1) is 0 Å². The van der Waals surface area contributed by atoms with Crippen LogP contribution in [0.1, 0.15) is 18.0 Å². The molecule has 1 aliphatic heterocycles. The van der Waals surface area contributed by atoms with Gasteiger partial charge >= 0.3 is 0 Å². The summed E-state index contributed by atoms with van der Waals surface area (Å²) in [5.41, 5.74) is 1.89. The highest BCUT2D eigenvalue weighted by Crippen LogP contribution is 2.27. The number of sulfonamides is 1. The van der Waals surface area contributed by atoms with Crippen molar-refractivity contribution in [1.82, 2.24) is 9.80 Å². The number of hydrogen-bond donors (Lipinski definition) is 2. The number of nitrogens with zero attached hydrogens (tertiary/aromatic N) is 2. The van der Waals surface area contributed by atoms with Gasteiger partial charge in [-0.1, -0.05) is 12.1 Å². The molecule has 34 heavy (non-hydrogen) atoms. The number of likely N-dealkylation sites (N-methyl/N-ethyl adjacent to an activating group) is 1. The van der Waals surface area contributed by atoms with E-state index in [4.69, 9.17) is 9.15 Å². The van der Waals surface area contributed by atoms with Gasteiger partial charge in [-0.25, -0.2) is 8.42 Å². The van der Waals surface area contributed by atoms with Gasteiger partial charge in [0.1, 0.15) is 11.3 Å². The van der Waals surface area contributed by atoms with Crippen LogP contribution in [0.15, 0.2) is 59.2 Å². The number of hydrogen-bond acceptors (Lipinski definition) is 7. The van der Waals surface area contributed by atoms with Crippen LogP contribution in [0.5, 0.6) is 5.75 Å². The first kappa shape index (κ1) is 24.1. The van der Waals surface area contributed by atoms with Gasteiger partial charge in [0.15, 0.2) is 6.61 Å². The third kappa shape index (κ3) is 6.07. The molecule has 9 nitrogen and oxygen atoms in total. The standard InChI is InChI=1S/C24H29N3O6S/c1-26(24(29)16-33-21-7-6-17-9-11-32-23(17)13-21)22(15-27-10-8-20(28)14-27)18-4-3-5-19(12-18)25-34(2,30)31/h3-7,9,11-13,20,22,25,28H,8,10,14-16H2,1-2H3/t20-,22+/m0/s1. The zero-order valence-electron chi connectivity index (χ0n) is 19.2. The minimum Gasteiger partial charge on any atom is -0.484 e. The second-order valence-corrected chi connectivity index (χ2v) is 10.4. The molecule has 1 aliphatic rings. The number of aliphatic hydroxyl groups excluding tert-OH is 1. The van der Waals surface area contributed by atoms with E-state index in [1.165, 1.54) is 0 Å². The van der Waals surface area contributed by atoms with Crippen LogP contribution >= 0.6 is 0 Å². The van der Waals surface area contributed by atoms with Gasteiger partial charge in [0.25, 0.3) is 5.91 Å². The van der Waals surface area contributed by atoms with E-state index < -0.39 is 10.0 Å². The van der Waals surface area contributed by atoms with E-state index in [1.54, 1.807) is 48.5 Å². The molecule has 1 aromatic heterocycles. The van der Waals surface area contributed by atoms with Crippen molar-refractivity contribution in [2.75, 3.05) is 44.3 Å². The Morgan fingerprint density at radius 1 is 1.29 bits per heavy atom. The van der Waals surface area contributed by atoms with Gasteiger partial charge in [-0.05, 0) is 42.3 Å². The van der Waals surface area contributed by atoms with Gasteiger partial charge in [-0.3, -0.25) is 14.4 Å². The molecule has 4 rings (SSSR count). The number of carbonyl (C=O) groups is 1. The molecule has 0 radical (unpaired) electrons. The summed E-state index contributed by atoms with van der Waals surface area (Å²) in [6, 6.07) is 13.9. The Hall–Kier alpha value is -3.08. The first-order chi connectivity index (χ1) is 16.2. The van der Waals surface area contributed by atoms with Crippen LogP contribution in [0.25, 0.3) is 11.0 Å². The van der Waals surface area contributed by atoms with Crippen LogP contribution < -0.4 is 9.46 Å². The minimum atomic E-state index is -3.44. The Morgan fingerprint density at radius 2 is 2.12 bits per heavy atom. The van der Waals surface area contributed by atoms with Crippen molar-refractivity contribution in [2.24, 2.45) is 0 Å². The molecule has 2 heterocycles. The maximum Gasteiger partial charge on any atom is 0.260 e. The van der Waals surface area contributed by atoms with E-state index in [0.717, 1.165) is 23.8 Å². The third-order valence-corrected chi connectivity index (χ3v) is 6.51. The minimum absolute atomic E-state index is 0.164. The monoisotopic (exact) mass is 487 g/mol. The second kappa shape index (κ2) is 10.0. The van der Waals surface area contributed by atoms with Crippen LogP contribution in [-0.4, -0.2) is 74.9 Å². The Morgan fingerprint density at radius 3 is 2.85 bits per heavy atom. The third-order valence-electron chi connectivity index (χ3n) is 5.90. The highest BCUT2D eigenvalue weighted by atomic mass is 32.2. The summed E-state index contributed by atoms with van der Waals surface area (Å²) < 4.78 is 37.0. The topological polar surface area (TPSA) is 112 Å². The zero-order chi connectivity index (χ0) is 24.3. The number of nitrogens with one attached hydrogen (secondary N) is 1. The Labute approximate surface area is 199 Å². The molecule has 2 N–H and O–H groups in total. The predicted molar refractivity (Wildman–Crippen MR) is 129 cm³/mol. The van der Waals surface area contributed by atoms with E-state index in [0.29, 0.717) is 36.5 Å². The van der Waals surface area contributed by atoms with Crippen LogP contribution in [0.3, 0.4) is 0 Å². The number of fused-ring (bicyclic) bond motifs is 1. The summed E-state index contributed by atoms with van der Waals surface area (Å²) in [7, 11) is -1.73. The van der Waals surface area contributed by atoms with Crippen LogP contribution in [-0.2, 0) is 14.8 Å². The molecule has 3 aromatic rings. The second-order valence-electron chi connectivity index (χ2n) is 8.63. The van der Waals surface area contributed by atoms with Crippen LogP contribution in [0.4, 0.5) is 5.69 Å². The fourth-order valence-electron chi connectivity index (χ4n) is 4.14. The maximum atomic E-state index is 13.1. The lowest BCUT2D eigenvalue weighted by Gasteiger charge is -2.32. The summed E-state index contributed by atoms with van der Waals surface area (Å²) in [6.45, 7) is 1.59. The van der Waals surface area contributed by atoms with Crippen molar-refractivity contribution in [3.8, 4) is 5.75 Å². The van der Waals surface area contributed by atoms with Crippen LogP contribution in [0.2, 0.25) is 0 Å². The van der Waals surface area contributed by atoms with E-state index in [1.807, 2.05) is 18.2 Å². The normalized spacial score (nSPS) is 17.6. The number of β-amino-alcohol motifs (C(OH)–C–C–N with tert-alkyl or cyclic N) is 1. The van der Waals surface area contributed by atoms with E-state index >= 15 is 0 Å². The molecular weight excluding hydrogens is 458 g/mol. The smallest absolute Gasteiger partial charge is 0.260 e. The average molecular weight is 488 g/mol. The van der Waals surface area contributed by atoms with Crippen molar-refractivity contribution < 1.29 is 27.5 Å². The molecule has 0 saturated carbocycles. The number of amides is 1. The summed E-state index contributed by atoms with van der Waals surface area (Å²) in [5, 5.41) is 10.9. The first-order valence-corrected chi connectivity index (χ1v) is 12.9. The molecule has 10 heteroatoms. The van der Waals surface area contributed by atoms with Gasteiger partial charge in [0.2, 0.25) is 10.0 Å². The van der Waals surface area contributed by atoms with Crippen molar-refractivity contribution in [1.29, 1.82) is 0 Å². The molecule has 1 amide bonds. The molecule has 0 bridgehead atoms. The summed E-state index contributed by atoms with van der Waals surface area (Å²) in [5.74, 6) is 0.300. The molecule has 2 atom stereocenters. The lowest BCUT2D eigenvalue weighted by Crippen LogP contribution is -2.41. The van der Waals surface area contributed by atoms with Gasteiger partial charge in [0, 0.05) is 43.8 Å². The molecule has 0 unspecified atom stereocenters. The van der Waals surface area contributed by atoms with Crippen molar-refractivity contribution in [3.05, 3.63) is 60.4 Å². The number of ether oxygens (including phenoxy) is 1. The molecule has 1 fully saturated rings. The fraction of sp³-hybridized carbons (Fsp3) is 0.375. The lowest BCUT2D eigenvalue weighted by atomic mass is 10.0. The van der Waals surface area contributed by atoms with Gasteiger partial charge in [0.05, 0.1) is 24.7 Å². The largest absolute Gasteiger partial charge is 0.484 e. The van der Waals surface area contributed by atoms with Crippen molar-refractivity contribution in [3.63, 3.8) is 0 Å². The maximum absolute atomic E-state index is 13.1. The molecule has 182 valence electrons. The van der Waals surface area contributed by atoms with E-state index in [2.05, 4.69) is 9.62 Å². The number of anilines is 1. The Kier molecular flexibility index (Phi) is 7.11. The number of aliphatic hydroxyl groups is 1. The van der Waals surface area contributed by atoms with Crippen molar-refractivity contribution in [2.45, 2.75) is 18.6 Å². The molecule has 2 aromatic carbocycles. The summed E-state index contributed by atoms with van der Waals surface area (Å²) in [4.78, 5) is 16.8.